The van der Waals surface area contributed by atoms with Crippen LogP contribution in [0.5, 0.6) is 5.75 Å². The predicted molar refractivity (Wildman–Crippen MR) is 124 cm³/mol. The number of hydrogen-bond acceptors (Lipinski definition) is 4. The molecule has 1 fully saturated rings. The molecule has 33 heavy (non-hydrogen) atoms. The number of likely N-dealkylation sites (tertiary alicyclic amines) is 1. The van der Waals surface area contributed by atoms with Gasteiger partial charge in [0, 0.05) is 29.5 Å². The Balaban J connectivity index is 1.45. The molecule has 4 nitrogen and oxygen atoms in total. The molecule has 1 aliphatic rings. The van der Waals surface area contributed by atoms with Crippen molar-refractivity contribution in [3.8, 4) is 16.2 Å². The number of halogens is 4. The van der Waals surface area contributed by atoms with E-state index >= 15 is 0 Å². The molecular formula is C24H22ClF3N2O2S. The molecule has 0 saturated carbocycles. The van der Waals surface area contributed by atoms with Crippen LogP contribution >= 0.6 is 22.9 Å². The lowest BCUT2D eigenvalue weighted by Gasteiger charge is -2.19. The van der Waals surface area contributed by atoms with Gasteiger partial charge in [0.05, 0.1) is 10.4 Å². The minimum absolute atomic E-state index is 0.0894. The van der Waals surface area contributed by atoms with E-state index in [9.17, 15) is 18.0 Å². The van der Waals surface area contributed by atoms with E-state index in [1.165, 1.54) is 23.5 Å². The molecule has 1 amide bonds. The molecule has 174 valence electrons. The van der Waals surface area contributed by atoms with Crippen LogP contribution in [0.3, 0.4) is 0 Å². The molecule has 1 atom stereocenters. The number of thiophene rings is 1. The predicted octanol–water partition coefficient (Wildman–Crippen LogP) is 6.10. The maximum atomic E-state index is 13.5. The molecular weight excluding hydrogens is 473 g/mol. The molecule has 1 aliphatic heterocycles. The van der Waals surface area contributed by atoms with Gasteiger partial charge in [-0.1, -0.05) is 29.8 Å². The van der Waals surface area contributed by atoms with Gasteiger partial charge in [0.2, 0.25) is 0 Å². The van der Waals surface area contributed by atoms with E-state index in [0.29, 0.717) is 28.4 Å². The monoisotopic (exact) mass is 494 g/mol. The van der Waals surface area contributed by atoms with E-state index in [4.69, 9.17) is 16.3 Å². The number of benzene rings is 2. The normalized spacial score (nSPS) is 16.7. The van der Waals surface area contributed by atoms with Crippen molar-refractivity contribution in [3.05, 3.63) is 75.6 Å². The largest absolute Gasteiger partial charge is 0.488 e. The minimum atomic E-state index is -4.52. The summed E-state index contributed by atoms with van der Waals surface area (Å²) in [5.41, 5.74) is 0.677. The fraction of sp³-hybridized carbons (Fsp3) is 0.292. The van der Waals surface area contributed by atoms with Crippen molar-refractivity contribution in [3.63, 3.8) is 0 Å². The van der Waals surface area contributed by atoms with Crippen molar-refractivity contribution < 1.29 is 22.7 Å². The van der Waals surface area contributed by atoms with Gasteiger partial charge in [-0.25, -0.2) is 0 Å². The summed E-state index contributed by atoms with van der Waals surface area (Å²) in [5.74, 6) is -0.490. The van der Waals surface area contributed by atoms with Gasteiger partial charge in [-0.05, 0) is 61.0 Å². The van der Waals surface area contributed by atoms with Gasteiger partial charge in [0.15, 0.2) is 0 Å². The summed E-state index contributed by atoms with van der Waals surface area (Å²) in [6.45, 7) is 1.44. The molecule has 2 heterocycles. The van der Waals surface area contributed by atoms with Crippen molar-refractivity contribution in [2.45, 2.75) is 25.2 Å². The molecule has 0 spiro atoms. The fourth-order valence-electron chi connectivity index (χ4n) is 3.68. The molecule has 0 aliphatic carbocycles. The average Bonchev–Trinajstić information content (AvgIpc) is 3.41. The first kappa shape index (κ1) is 23.6. The summed E-state index contributed by atoms with van der Waals surface area (Å²) in [6.07, 6.45) is -4.14. The Labute approximate surface area is 198 Å². The second-order valence-corrected chi connectivity index (χ2v) is 9.49. The summed E-state index contributed by atoms with van der Waals surface area (Å²) < 4.78 is 46.1. The van der Waals surface area contributed by atoms with Crippen molar-refractivity contribution in [1.29, 1.82) is 0 Å². The zero-order chi connectivity index (χ0) is 23.6. The third-order valence-electron chi connectivity index (χ3n) is 5.40. The Kier molecular flexibility index (Phi) is 6.97. The fourth-order valence-corrected chi connectivity index (χ4v) is 4.73. The van der Waals surface area contributed by atoms with Crippen LogP contribution in [0, 0.1) is 0 Å². The van der Waals surface area contributed by atoms with Crippen LogP contribution in [0.15, 0.2) is 54.6 Å². The lowest BCUT2D eigenvalue weighted by Crippen LogP contribution is -2.24. The summed E-state index contributed by atoms with van der Waals surface area (Å²) in [5, 5.41) is 3.41. The van der Waals surface area contributed by atoms with Gasteiger partial charge in [-0.15, -0.1) is 11.3 Å². The Hall–Kier alpha value is -2.55. The van der Waals surface area contributed by atoms with Crippen LogP contribution in [-0.4, -0.2) is 37.0 Å². The molecule has 2 aromatic carbocycles. The second kappa shape index (κ2) is 9.75. The number of amides is 1. The van der Waals surface area contributed by atoms with Crippen LogP contribution in [0.1, 0.15) is 27.2 Å². The van der Waals surface area contributed by atoms with Gasteiger partial charge in [-0.3, -0.25) is 4.79 Å². The smallest absolute Gasteiger partial charge is 0.419 e. The van der Waals surface area contributed by atoms with Crippen molar-refractivity contribution in [2.24, 2.45) is 0 Å². The number of ether oxygens (including phenoxy) is 1. The summed E-state index contributed by atoms with van der Waals surface area (Å²) in [6, 6.07) is 14.6. The first-order valence-electron chi connectivity index (χ1n) is 10.4. The van der Waals surface area contributed by atoms with Gasteiger partial charge in [0.25, 0.3) is 5.91 Å². The van der Waals surface area contributed by atoms with Gasteiger partial charge < -0.3 is 15.0 Å². The maximum Gasteiger partial charge on any atom is 0.419 e. The highest BCUT2D eigenvalue weighted by molar-refractivity contribution is 7.17. The van der Waals surface area contributed by atoms with E-state index in [1.807, 2.05) is 30.1 Å². The minimum Gasteiger partial charge on any atom is -0.488 e. The van der Waals surface area contributed by atoms with Crippen molar-refractivity contribution in [1.82, 2.24) is 10.2 Å². The van der Waals surface area contributed by atoms with E-state index in [-0.39, 0.29) is 24.3 Å². The highest BCUT2D eigenvalue weighted by Crippen LogP contribution is 2.38. The van der Waals surface area contributed by atoms with Crippen LogP contribution in [0.25, 0.3) is 10.4 Å². The number of nitrogens with zero attached hydrogens (tertiary/aromatic N) is 1. The lowest BCUT2D eigenvalue weighted by molar-refractivity contribution is -0.139. The van der Waals surface area contributed by atoms with Crippen LogP contribution < -0.4 is 10.1 Å². The number of alkyl halides is 3. The highest BCUT2D eigenvalue weighted by atomic mass is 35.5. The summed E-state index contributed by atoms with van der Waals surface area (Å²) in [7, 11) is 1.91. The van der Waals surface area contributed by atoms with Gasteiger partial charge in [0.1, 0.15) is 11.9 Å². The number of carbonyl (C=O) groups is 1. The third-order valence-corrected chi connectivity index (χ3v) is 6.79. The number of carbonyl (C=O) groups excluding carboxylic acids is 1. The van der Waals surface area contributed by atoms with E-state index < -0.39 is 11.7 Å². The molecule has 0 radical (unpaired) electrons. The summed E-state index contributed by atoms with van der Waals surface area (Å²) >= 11 is 7.25. The molecule has 1 aromatic heterocycles. The van der Waals surface area contributed by atoms with Crippen LogP contribution in [0.4, 0.5) is 13.2 Å². The summed E-state index contributed by atoms with van der Waals surface area (Å²) in [4.78, 5) is 16.1. The van der Waals surface area contributed by atoms with E-state index in [2.05, 4.69) is 5.32 Å². The zero-order valence-electron chi connectivity index (χ0n) is 17.8. The van der Waals surface area contributed by atoms with E-state index in [0.717, 1.165) is 23.1 Å². The van der Waals surface area contributed by atoms with E-state index in [1.54, 1.807) is 18.2 Å². The highest BCUT2D eigenvalue weighted by Gasteiger charge is 2.35. The van der Waals surface area contributed by atoms with Gasteiger partial charge in [-0.2, -0.15) is 13.2 Å². The number of nitrogens with one attached hydrogen (secondary N) is 1. The molecule has 9 heteroatoms. The average molecular weight is 495 g/mol. The Morgan fingerprint density at radius 1 is 1.18 bits per heavy atom. The number of hydrogen-bond donors (Lipinski definition) is 1. The molecule has 0 bridgehead atoms. The molecule has 1 N–H and O–H groups in total. The number of rotatable bonds is 6. The Bertz CT molecular complexity index is 1130. The second-order valence-electron chi connectivity index (χ2n) is 7.97. The topological polar surface area (TPSA) is 41.6 Å². The third kappa shape index (κ3) is 5.88. The molecule has 1 saturated heterocycles. The number of likely N-dealkylation sites (N-methyl/N-ethyl adjacent to an activating group) is 1. The quantitative estimate of drug-likeness (QED) is 0.450. The van der Waals surface area contributed by atoms with Crippen LogP contribution in [-0.2, 0) is 12.7 Å². The standard InChI is InChI=1S/C24H22ClF3N2O2S/c1-30-11-10-18(14-30)32-20-12-15(2-7-19(20)24(26,27)28)13-29-23(31)22-9-8-21(33-22)16-3-5-17(25)6-4-16/h2-9,12,18H,10-11,13-14H2,1H3,(H,29,31)/t18-/m1/s1. The first-order valence-corrected chi connectivity index (χ1v) is 11.6. The van der Waals surface area contributed by atoms with Crippen LogP contribution in [0.2, 0.25) is 5.02 Å². The van der Waals surface area contributed by atoms with Crippen molar-refractivity contribution in [2.75, 3.05) is 20.1 Å². The zero-order valence-corrected chi connectivity index (χ0v) is 19.4. The lowest BCUT2D eigenvalue weighted by atomic mass is 10.1. The molecule has 3 aromatic rings. The van der Waals surface area contributed by atoms with Crippen molar-refractivity contribution >= 4 is 28.8 Å². The molecule has 4 rings (SSSR count). The van der Waals surface area contributed by atoms with Gasteiger partial charge >= 0.3 is 6.18 Å². The SMILES string of the molecule is CN1CC[C@@H](Oc2cc(CNC(=O)c3ccc(-c4ccc(Cl)cc4)s3)ccc2C(F)(F)F)C1. The maximum absolute atomic E-state index is 13.5. The first-order chi connectivity index (χ1) is 15.7. The Morgan fingerprint density at radius 3 is 2.61 bits per heavy atom. The molecule has 0 unspecified atom stereocenters. The Morgan fingerprint density at radius 2 is 1.94 bits per heavy atom.